The van der Waals surface area contributed by atoms with Crippen molar-refractivity contribution >= 4 is 28.6 Å². The number of esters is 1. The Labute approximate surface area is 459 Å². The highest BCUT2D eigenvalue weighted by atomic mass is 16.5. The summed E-state index contributed by atoms with van der Waals surface area (Å²) in [4.78, 5) is 36.7. The van der Waals surface area contributed by atoms with Crippen molar-refractivity contribution in [3.05, 3.63) is 59.4 Å². The third-order valence-electron chi connectivity index (χ3n) is 14.1. The summed E-state index contributed by atoms with van der Waals surface area (Å²) in [6, 6.07) is 10.7. The molecule has 22 N–H and O–H groups in total. The normalized spacial score (nSPS) is 20.5. The Morgan fingerprint density at radius 2 is 1.43 bits per heavy atom. The van der Waals surface area contributed by atoms with Crippen molar-refractivity contribution < 1.29 is 90.9 Å². The van der Waals surface area contributed by atoms with E-state index in [4.69, 9.17) is 14.9 Å². The summed E-state index contributed by atoms with van der Waals surface area (Å²) < 4.78 is 4.94. The molecular formula is C51H88N10O18. The molecule has 450 valence electrons. The minimum Gasteiger partial charge on any atom is -0.469 e. The summed E-state index contributed by atoms with van der Waals surface area (Å²) in [6.45, 7) is -1.33. The molecule has 1 aliphatic heterocycles. The van der Waals surface area contributed by atoms with Gasteiger partial charge in [-0.1, -0.05) is 31.0 Å². The number of hydrogen-bond donors (Lipinski definition) is 22. The first kappa shape index (κ1) is 67.3. The zero-order valence-electron chi connectivity index (χ0n) is 45.1. The van der Waals surface area contributed by atoms with Gasteiger partial charge in [0.15, 0.2) is 0 Å². The van der Waals surface area contributed by atoms with E-state index in [2.05, 4.69) is 41.9 Å². The number of carbonyl (C=O) groups is 2. The lowest BCUT2D eigenvalue weighted by atomic mass is 10.0. The molecule has 0 bridgehead atoms. The number of aliphatic hydroxyl groups excluding tert-OH is 15. The minimum absolute atomic E-state index is 0.00878. The second-order valence-corrected chi connectivity index (χ2v) is 20.2. The number of imidazole rings is 1. The van der Waals surface area contributed by atoms with Crippen LogP contribution in [0.2, 0.25) is 0 Å². The van der Waals surface area contributed by atoms with Gasteiger partial charge in [-0.3, -0.25) is 35.3 Å². The van der Waals surface area contributed by atoms with E-state index in [-0.39, 0.29) is 32.1 Å². The van der Waals surface area contributed by atoms with Gasteiger partial charge in [-0.2, -0.15) is 0 Å². The monoisotopic (exact) mass is 1130 g/mol. The Hall–Kier alpha value is -4.19. The fraction of sp³-hybridized carbons (Fsp3) is 0.706. The van der Waals surface area contributed by atoms with Crippen LogP contribution in [0.15, 0.2) is 42.5 Å². The summed E-state index contributed by atoms with van der Waals surface area (Å²) in [5, 5.41) is 172. The number of anilines is 1. The van der Waals surface area contributed by atoms with E-state index >= 15 is 0 Å². The maximum atomic E-state index is 12.7. The molecular weight excluding hydrogens is 1040 g/mol. The second kappa shape index (κ2) is 34.3. The lowest BCUT2D eigenvalue weighted by Crippen LogP contribution is -2.57. The predicted octanol–water partition coefficient (Wildman–Crippen LogP) is -6.05. The number of rotatable bonds is 38. The van der Waals surface area contributed by atoms with E-state index in [1.54, 1.807) is 18.0 Å². The van der Waals surface area contributed by atoms with Gasteiger partial charge in [0.1, 0.15) is 73.6 Å². The molecule has 16 atom stereocenters. The lowest BCUT2D eigenvalue weighted by molar-refractivity contribution is -0.142. The third-order valence-corrected chi connectivity index (χ3v) is 14.1. The van der Waals surface area contributed by atoms with Crippen molar-refractivity contribution in [1.29, 1.82) is 0 Å². The van der Waals surface area contributed by atoms with Crippen LogP contribution in [0.5, 0.6) is 0 Å². The molecule has 1 aromatic heterocycles. The lowest BCUT2D eigenvalue weighted by Gasteiger charge is -2.32. The molecule has 0 saturated carbocycles. The number of fused-ring (bicyclic) bond motifs is 2. The fourth-order valence-electron chi connectivity index (χ4n) is 9.15. The number of aliphatic hydroxyl groups is 15. The molecule has 4 rings (SSSR count). The molecule has 2 heterocycles. The molecule has 2 aromatic carbocycles. The van der Waals surface area contributed by atoms with Crippen LogP contribution in [0, 0.1) is 0 Å². The van der Waals surface area contributed by atoms with E-state index in [9.17, 15) is 76.0 Å². The number of likely N-dealkylation sites (N-methyl/N-ethyl adjacent to an activating group) is 1. The van der Waals surface area contributed by atoms with Crippen LogP contribution in [0.25, 0.3) is 11.0 Å². The number of H-pyrrole nitrogens is 1. The molecule has 0 spiro atoms. The topological polar surface area (TPSA) is 454 Å². The molecule has 1 amide bonds. The Kier molecular flexibility index (Phi) is 29.2. The van der Waals surface area contributed by atoms with E-state index in [1.807, 2.05) is 41.3 Å². The molecule has 28 nitrogen and oxygen atoms in total. The van der Waals surface area contributed by atoms with Crippen LogP contribution < -0.4 is 31.9 Å². The molecule has 3 unspecified atom stereocenters. The molecule has 0 fully saturated rings. The van der Waals surface area contributed by atoms with Crippen LogP contribution in [-0.2, 0) is 27.4 Å². The van der Waals surface area contributed by atoms with Gasteiger partial charge < -0.3 is 102 Å². The van der Waals surface area contributed by atoms with Crippen LogP contribution >= 0.6 is 0 Å². The van der Waals surface area contributed by atoms with E-state index < -0.39 is 136 Å². The molecule has 0 saturated heterocycles. The average molecular weight is 1130 g/mol. The van der Waals surface area contributed by atoms with Crippen molar-refractivity contribution in [1.82, 2.24) is 46.4 Å². The van der Waals surface area contributed by atoms with Crippen LogP contribution in [0.3, 0.4) is 0 Å². The van der Waals surface area contributed by atoms with Crippen molar-refractivity contribution in [2.45, 2.75) is 169 Å². The number of aromatic nitrogens is 2. The molecule has 1 aliphatic rings. The molecule has 28 heteroatoms. The third kappa shape index (κ3) is 21.3. The number of hydrogen-bond acceptors (Lipinski definition) is 26. The van der Waals surface area contributed by atoms with Gasteiger partial charge in [-0.25, -0.2) is 4.98 Å². The van der Waals surface area contributed by atoms with Gasteiger partial charge >= 0.3 is 5.97 Å². The highest BCUT2D eigenvalue weighted by Gasteiger charge is 2.35. The van der Waals surface area contributed by atoms with Gasteiger partial charge in [-0.05, 0) is 88.1 Å². The number of nitrogens with one attached hydrogen (secondary N) is 7. The zero-order chi connectivity index (χ0) is 58.3. The minimum atomic E-state index is -1.89. The number of aromatic amines is 1. The highest BCUT2D eigenvalue weighted by molar-refractivity contribution is 5.76. The van der Waals surface area contributed by atoms with Crippen LogP contribution in [-0.4, -0.2) is 261 Å². The second-order valence-electron chi connectivity index (χ2n) is 20.2. The van der Waals surface area contributed by atoms with Crippen LogP contribution in [0.4, 0.5) is 5.69 Å². The first-order valence-electron chi connectivity index (χ1n) is 26.7. The van der Waals surface area contributed by atoms with Gasteiger partial charge in [0.05, 0.1) is 62.6 Å². The maximum Gasteiger partial charge on any atom is 0.307 e. The largest absolute Gasteiger partial charge is 0.469 e. The zero-order valence-corrected chi connectivity index (χ0v) is 45.1. The van der Waals surface area contributed by atoms with E-state index in [1.165, 1.54) is 14.2 Å². The Bertz CT molecular complexity index is 2190. The standard InChI is InChI=1S/C51H88N10O18/c1-52-33(14-16-41(68)54-22-36(64)44(71)46(73)38(66)26-62)49(76)59-34(15-17-42(69)55-23-37(65)45(72)47(74)39(67)27-63)48(75)53-18-8-4-5-9-19-61-24-29-20-28(12-13-30(29)56-35(51(61)78)21-43(70)79-3)50(77)60(2)25-40-57-31-10-6-7-11-32(31)58-40/h6-7,10-13,20,33-39,42,44-53,55-56,59,62-67,69,71-78H,4-5,8-9,14-19,21-27H2,1-3H3,(H,54,68)(H,57,58)/t33-,34-,35?,36+,37+,38?,39+,42+,44-,45-,46?,47-,48+,49+,50+,51+/m0/s1. The molecule has 79 heavy (non-hydrogen) atoms. The first-order valence-corrected chi connectivity index (χ1v) is 26.7. The van der Waals surface area contributed by atoms with Gasteiger partial charge in [0.2, 0.25) is 5.91 Å². The first-order chi connectivity index (χ1) is 37.6. The van der Waals surface area contributed by atoms with Crippen LogP contribution in [0.1, 0.15) is 81.0 Å². The summed E-state index contributed by atoms with van der Waals surface area (Å²) in [6.07, 6.45) is -18.3. The summed E-state index contributed by atoms with van der Waals surface area (Å²) in [5.41, 5.74) is 3.83. The van der Waals surface area contributed by atoms with Crippen molar-refractivity contribution in [2.75, 3.05) is 65.9 Å². The smallest absolute Gasteiger partial charge is 0.307 e. The average Bonchev–Trinajstić information content (AvgIpc) is 3.88. The number of ether oxygens (including phenoxy) is 1. The quantitative estimate of drug-likeness (QED) is 0.0144. The number of nitrogens with zero attached hydrogens (tertiary/aromatic N) is 3. The number of amides is 1. The summed E-state index contributed by atoms with van der Waals surface area (Å²) >= 11 is 0. The highest BCUT2D eigenvalue weighted by Crippen LogP contribution is 2.31. The molecule has 0 aliphatic carbocycles. The fourth-order valence-corrected chi connectivity index (χ4v) is 9.15. The van der Waals surface area contributed by atoms with Gasteiger partial charge in [-0.15, -0.1) is 0 Å². The number of methoxy groups -OCH3 is 1. The maximum absolute atomic E-state index is 12.7. The number of unbranched alkanes of at least 4 members (excludes halogenated alkanes) is 3. The number of benzene rings is 2. The Balaban J connectivity index is 1.34. The summed E-state index contributed by atoms with van der Waals surface area (Å²) in [5.74, 6) is -0.418. The van der Waals surface area contributed by atoms with Crippen molar-refractivity contribution in [2.24, 2.45) is 0 Å². The number of para-hydroxylation sites is 2. The van der Waals surface area contributed by atoms with E-state index in [0.29, 0.717) is 68.9 Å². The van der Waals surface area contributed by atoms with Crippen molar-refractivity contribution in [3.8, 4) is 0 Å². The SMILES string of the molecule is CN[C@@H](CCC(=O)NC[C@@H](O)[C@H](O)C(O)C(O)CO)[C@@H](O)N[C@@H](CC[C@@H](O)NC[C@@H](O)[C@H](O)[C@@H](O)[C@H](O)CO)[C@@H](O)NCCCCCCN1Cc2cc([C@@H](O)N(C)Cc3nc4ccccc4[nH]3)ccc2NC(CC(=O)OC)[C@H]1O. The van der Waals surface area contributed by atoms with Crippen molar-refractivity contribution in [3.63, 3.8) is 0 Å². The predicted molar refractivity (Wildman–Crippen MR) is 285 cm³/mol. The Morgan fingerprint density at radius 3 is 2.08 bits per heavy atom. The molecule has 3 aromatic rings. The van der Waals surface area contributed by atoms with Gasteiger partial charge in [0.25, 0.3) is 0 Å². The van der Waals surface area contributed by atoms with E-state index in [0.717, 1.165) is 16.6 Å². The number of carbonyl (C=O) groups excluding carboxylic acids is 2. The molecule has 0 radical (unpaired) electrons. The van der Waals surface area contributed by atoms with Gasteiger partial charge in [0, 0.05) is 50.4 Å². The Morgan fingerprint density at radius 1 is 0.785 bits per heavy atom. The summed E-state index contributed by atoms with van der Waals surface area (Å²) in [7, 11) is 4.59.